The number of amides is 4. The highest BCUT2D eigenvalue weighted by atomic mass is 16.2. The minimum atomic E-state index is -0.594. The SMILES string of the molecule is CCc1c(C)nn(CC(=O)Nc2ccccc2N2C(=O)NC(C)C2=O)c1C. The summed E-state index contributed by atoms with van der Waals surface area (Å²) in [6, 6.07) is 5.64. The molecule has 2 N–H and O–H groups in total. The van der Waals surface area contributed by atoms with Crippen molar-refractivity contribution in [1.29, 1.82) is 0 Å². The van der Waals surface area contributed by atoms with Gasteiger partial charge in [-0.15, -0.1) is 0 Å². The predicted molar refractivity (Wildman–Crippen MR) is 102 cm³/mol. The summed E-state index contributed by atoms with van der Waals surface area (Å²) in [5, 5.41) is 9.78. The van der Waals surface area contributed by atoms with Gasteiger partial charge in [0.25, 0.3) is 5.91 Å². The first-order valence-electron chi connectivity index (χ1n) is 8.89. The molecule has 1 unspecified atom stereocenters. The molecule has 27 heavy (non-hydrogen) atoms. The molecule has 1 aromatic carbocycles. The summed E-state index contributed by atoms with van der Waals surface area (Å²) in [6.07, 6.45) is 0.854. The molecule has 1 saturated heterocycles. The van der Waals surface area contributed by atoms with E-state index in [2.05, 4.69) is 22.7 Å². The van der Waals surface area contributed by atoms with E-state index in [1.54, 1.807) is 35.9 Å². The molecule has 0 spiro atoms. The van der Waals surface area contributed by atoms with Gasteiger partial charge in [0, 0.05) is 5.69 Å². The van der Waals surface area contributed by atoms with Gasteiger partial charge in [0.05, 0.1) is 17.1 Å². The van der Waals surface area contributed by atoms with E-state index in [4.69, 9.17) is 0 Å². The van der Waals surface area contributed by atoms with E-state index in [1.165, 1.54) is 0 Å². The minimum absolute atomic E-state index is 0.0531. The highest BCUT2D eigenvalue weighted by Crippen LogP contribution is 2.28. The van der Waals surface area contributed by atoms with Gasteiger partial charge in [-0.25, -0.2) is 9.69 Å². The molecule has 1 aliphatic heterocycles. The molecule has 142 valence electrons. The van der Waals surface area contributed by atoms with Gasteiger partial charge in [-0.3, -0.25) is 14.3 Å². The summed E-state index contributed by atoms with van der Waals surface area (Å²) in [4.78, 5) is 38.0. The number of hydrogen-bond donors (Lipinski definition) is 2. The number of para-hydroxylation sites is 2. The first-order valence-corrected chi connectivity index (χ1v) is 8.89. The fraction of sp³-hybridized carbons (Fsp3) is 0.368. The van der Waals surface area contributed by atoms with Gasteiger partial charge >= 0.3 is 6.03 Å². The number of rotatable bonds is 5. The van der Waals surface area contributed by atoms with Gasteiger partial charge < -0.3 is 10.6 Å². The van der Waals surface area contributed by atoms with Crippen LogP contribution in [0.4, 0.5) is 16.2 Å². The van der Waals surface area contributed by atoms with Crippen LogP contribution >= 0.6 is 0 Å². The van der Waals surface area contributed by atoms with Gasteiger partial charge in [0.2, 0.25) is 5.91 Å². The molecular formula is C19H23N5O3. The van der Waals surface area contributed by atoms with E-state index >= 15 is 0 Å². The van der Waals surface area contributed by atoms with Crippen molar-refractivity contribution in [3.63, 3.8) is 0 Å². The van der Waals surface area contributed by atoms with E-state index in [-0.39, 0.29) is 18.4 Å². The number of imide groups is 1. The van der Waals surface area contributed by atoms with Crippen LogP contribution in [0.3, 0.4) is 0 Å². The Kier molecular flexibility index (Phi) is 4.98. The molecule has 0 radical (unpaired) electrons. The predicted octanol–water partition coefficient (Wildman–Crippen LogP) is 2.15. The molecular weight excluding hydrogens is 346 g/mol. The number of carbonyl (C=O) groups excluding carboxylic acids is 3. The largest absolute Gasteiger partial charge is 0.329 e. The zero-order valence-electron chi connectivity index (χ0n) is 15.9. The van der Waals surface area contributed by atoms with Crippen LogP contribution in [0.5, 0.6) is 0 Å². The van der Waals surface area contributed by atoms with Crippen molar-refractivity contribution in [2.45, 2.75) is 46.7 Å². The number of aryl methyl sites for hydroxylation is 1. The zero-order valence-corrected chi connectivity index (χ0v) is 15.9. The second kappa shape index (κ2) is 7.22. The molecule has 3 rings (SSSR count). The van der Waals surface area contributed by atoms with Crippen molar-refractivity contribution in [2.24, 2.45) is 0 Å². The number of hydrogen-bond acceptors (Lipinski definition) is 4. The van der Waals surface area contributed by atoms with Crippen LogP contribution in [-0.2, 0) is 22.6 Å². The van der Waals surface area contributed by atoms with Crippen molar-refractivity contribution in [1.82, 2.24) is 15.1 Å². The van der Waals surface area contributed by atoms with Crippen molar-refractivity contribution >= 4 is 29.2 Å². The second-order valence-electron chi connectivity index (χ2n) is 6.57. The highest BCUT2D eigenvalue weighted by molar-refractivity contribution is 6.23. The molecule has 1 aliphatic rings. The second-order valence-corrected chi connectivity index (χ2v) is 6.57. The summed E-state index contributed by atoms with van der Waals surface area (Å²) in [7, 11) is 0. The zero-order chi connectivity index (χ0) is 19.7. The molecule has 2 aromatic rings. The van der Waals surface area contributed by atoms with E-state index in [9.17, 15) is 14.4 Å². The van der Waals surface area contributed by atoms with E-state index in [0.29, 0.717) is 11.4 Å². The van der Waals surface area contributed by atoms with Gasteiger partial charge in [-0.1, -0.05) is 19.1 Å². The summed E-state index contributed by atoms with van der Waals surface area (Å²) in [5.41, 5.74) is 3.76. The topological polar surface area (TPSA) is 96.3 Å². The monoisotopic (exact) mass is 369 g/mol. The molecule has 8 heteroatoms. The number of benzene rings is 1. The Hall–Kier alpha value is -3.16. The van der Waals surface area contributed by atoms with Crippen LogP contribution in [0.15, 0.2) is 24.3 Å². The third kappa shape index (κ3) is 3.42. The summed E-state index contributed by atoms with van der Waals surface area (Å²) in [5.74, 6) is -0.636. The van der Waals surface area contributed by atoms with Crippen LogP contribution in [0.1, 0.15) is 30.8 Å². The standard InChI is InChI=1S/C19H23N5O3/c1-5-14-11(2)22-23(13(14)4)10-17(25)21-15-8-6-7-9-16(15)24-18(26)12(3)20-19(24)27/h6-9,12H,5,10H2,1-4H3,(H,20,27)(H,21,25). The number of nitrogens with one attached hydrogen (secondary N) is 2. The van der Waals surface area contributed by atoms with Gasteiger partial charge in [-0.05, 0) is 44.9 Å². The average Bonchev–Trinajstić information content (AvgIpc) is 3.03. The number of urea groups is 1. The molecule has 4 amide bonds. The number of nitrogens with zero attached hydrogens (tertiary/aromatic N) is 3. The normalized spacial score (nSPS) is 16.6. The summed E-state index contributed by atoms with van der Waals surface area (Å²) >= 11 is 0. The Labute approximate surface area is 157 Å². The maximum absolute atomic E-state index is 12.6. The van der Waals surface area contributed by atoms with Gasteiger partial charge in [0.15, 0.2) is 0 Å². The van der Waals surface area contributed by atoms with Crippen LogP contribution < -0.4 is 15.5 Å². The van der Waals surface area contributed by atoms with Crippen LogP contribution in [0.25, 0.3) is 0 Å². The first kappa shape index (κ1) is 18.6. The first-order chi connectivity index (χ1) is 12.8. The molecule has 2 heterocycles. The van der Waals surface area contributed by atoms with Crippen LogP contribution in [-0.4, -0.2) is 33.7 Å². The third-order valence-corrected chi connectivity index (χ3v) is 4.73. The fourth-order valence-corrected chi connectivity index (χ4v) is 3.33. The summed E-state index contributed by atoms with van der Waals surface area (Å²) < 4.78 is 1.67. The van der Waals surface area contributed by atoms with Crippen molar-refractivity contribution < 1.29 is 14.4 Å². The number of carbonyl (C=O) groups is 3. The van der Waals surface area contributed by atoms with Crippen LogP contribution in [0.2, 0.25) is 0 Å². The average molecular weight is 369 g/mol. The third-order valence-electron chi connectivity index (χ3n) is 4.73. The Bertz CT molecular complexity index is 918. The lowest BCUT2D eigenvalue weighted by molar-refractivity contribution is -0.118. The fourth-order valence-electron chi connectivity index (χ4n) is 3.33. The minimum Gasteiger partial charge on any atom is -0.326 e. The molecule has 1 fully saturated rings. The highest BCUT2D eigenvalue weighted by Gasteiger charge is 2.37. The number of anilines is 2. The Morgan fingerprint density at radius 2 is 1.96 bits per heavy atom. The Balaban J connectivity index is 1.82. The molecule has 8 nitrogen and oxygen atoms in total. The van der Waals surface area contributed by atoms with Crippen LogP contribution in [0, 0.1) is 13.8 Å². The lowest BCUT2D eigenvalue weighted by Gasteiger charge is -2.17. The van der Waals surface area contributed by atoms with Crippen molar-refractivity contribution in [3.8, 4) is 0 Å². The summed E-state index contributed by atoms with van der Waals surface area (Å²) in [6.45, 7) is 7.59. The molecule has 0 saturated carbocycles. The lowest BCUT2D eigenvalue weighted by Crippen LogP contribution is -2.32. The maximum atomic E-state index is 12.6. The van der Waals surface area contributed by atoms with Gasteiger partial charge in [-0.2, -0.15) is 5.10 Å². The smallest absolute Gasteiger partial charge is 0.326 e. The number of aromatic nitrogens is 2. The van der Waals surface area contributed by atoms with Crippen molar-refractivity contribution in [3.05, 3.63) is 41.2 Å². The molecule has 1 aromatic heterocycles. The molecule has 0 bridgehead atoms. The maximum Gasteiger partial charge on any atom is 0.329 e. The van der Waals surface area contributed by atoms with E-state index in [0.717, 1.165) is 28.3 Å². The van der Waals surface area contributed by atoms with E-state index in [1.807, 2.05) is 13.8 Å². The Morgan fingerprint density at radius 1 is 1.26 bits per heavy atom. The van der Waals surface area contributed by atoms with Crippen molar-refractivity contribution in [2.75, 3.05) is 10.2 Å². The van der Waals surface area contributed by atoms with Gasteiger partial charge in [0.1, 0.15) is 12.6 Å². The molecule has 1 atom stereocenters. The Morgan fingerprint density at radius 3 is 2.56 bits per heavy atom. The molecule has 0 aliphatic carbocycles. The van der Waals surface area contributed by atoms with E-state index < -0.39 is 12.1 Å². The quantitative estimate of drug-likeness (QED) is 0.789. The lowest BCUT2D eigenvalue weighted by atomic mass is 10.1.